The average molecular weight is 255 g/mol. The Morgan fingerprint density at radius 3 is 2.86 bits per heavy atom. The Morgan fingerprint density at radius 1 is 1.36 bits per heavy atom. The lowest BCUT2D eigenvalue weighted by Crippen LogP contribution is -2.40. The van der Waals surface area contributed by atoms with Crippen LogP contribution in [0.1, 0.15) is 6.42 Å². The average Bonchev–Trinajstić information content (AvgIpc) is 2.09. The summed E-state index contributed by atoms with van der Waals surface area (Å²) < 4.78 is 1.13. The number of benzene rings is 1. The third-order valence-corrected chi connectivity index (χ3v) is 3.02. The lowest BCUT2D eigenvalue weighted by atomic mass is 10.2. The summed E-state index contributed by atoms with van der Waals surface area (Å²) in [5.74, 6) is 0. The number of nitrogens with zero attached hydrogens (tertiary/aromatic N) is 1. The van der Waals surface area contributed by atoms with Gasteiger partial charge in [-0.1, -0.05) is 22.0 Å². The molecule has 0 aliphatic carbocycles. The van der Waals surface area contributed by atoms with Crippen LogP contribution in [0.2, 0.25) is 0 Å². The molecule has 14 heavy (non-hydrogen) atoms. The first kappa shape index (κ1) is 9.99. The summed E-state index contributed by atoms with van der Waals surface area (Å²) in [5, 5.41) is 3.41. The molecule has 0 atom stereocenters. The van der Waals surface area contributed by atoms with Gasteiger partial charge in [-0.15, -0.1) is 0 Å². The van der Waals surface area contributed by atoms with E-state index in [0.29, 0.717) is 0 Å². The molecule has 0 amide bonds. The van der Waals surface area contributed by atoms with Gasteiger partial charge in [0.15, 0.2) is 0 Å². The van der Waals surface area contributed by atoms with Crippen LogP contribution in [-0.2, 0) is 0 Å². The summed E-state index contributed by atoms with van der Waals surface area (Å²) in [7, 11) is 0. The van der Waals surface area contributed by atoms with E-state index in [0.717, 1.165) is 17.6 Å². The minimum absolute atomic E-state index is 1.04. The Balaban J connectivity index is 1.74. The summed E-state index contributed by atoms with van der Waals surface area (Å²) in [6, 6.07) is 8.30. The van der Waals surface area contributed by atoms with Crippen molar-refractivity contribution in [2.24, 2.45) is 0 Å². The van der Waals surface area contributed by atoms with Crippen LogP contribution < -0.4 is 5.32 Å². The Bertz CT molecular complexity index is 297. The molecule has 1 fully saturated rings. The number of nitrogens with one attached hydrogen (secondary N) is 1. The molecule has 3 heteroatoms. The van der Waals surface area contributed by atoms with Crippen LogP contribution in [0.4, 0.5) is 5.69 Å². The number of halogens is 1. The van der Waals surface area contributed by atoms with E-state index in [2.05, 4.69) is 44.3 Å². The second-order valence-electron chi connectivity index (χ2n) is 3.63. The van der Waals surface area contributed by atoms with Crippen molar-refractivity contribution in [3.8, 4) is 0 Å². The third-order valence-electron chi connectivity index (χ3n) is 2.53. The van der Waals surface area contributed by atoms with Gasteiger partial charge in [-0.25, -0.2) is 0 Å². The van der Waals surface area contributed by atoms with E-state index in [1.807, 2.05) is 6.07 Å². The predicted octanol–water partition coefficient (Wildman–Crippen LogP) is 2.57. The molecule has 0 saturated carbocycles. The maximum atomic E-state index is 3.46. The minimum Gasteiger partial charge on any atom is -0.384 e. The highest BCUT2D eigenvalue weighted by atomic mass is 79.9. The van der Waals surface area contributed by atoms with Gasteiger partial charge < -0.3 is 10.2 Å². The van der Waals surface area contributed by atoms with E-state index >= 15 is 0 Å². The molecular weight excluding hydrogens is 240 g/mol. The highest BCUT2D eigenvalue weighted by Gasteiger charge is 2.11. The fraction of sp³-hybridized carbons (Fsp3) is 0.455. The van der Waals surface area contributed by atoms with Crippen LogP contribution in [0, 0.1) is 0 Å². The molecule has 0 bridgehead atoms. The highest BCUT2D eigenvalue weighted by Crippen LogP contribution is 2.15. The van der Waals surface area contributed by atoms with Crippen molar-refractivity contribution in [1.82, 2.24) is 4.90 Å². The fourth-order valence-corrected chi connectivity index (χ4v) is 1.96. The molecule has 0 radical (unpaired) electrons. The van der Waals surface area contributed by atoms with Gasteiger partial charge in [-0.2, -0.15) is 0 Å². The van der Waals surface area contributed by atoms with Crippen molar-refractivity contribution in [3.63, 3.8) is 0 Å². The molecule has 1 aliphatic rings. The molecule has 1 aliphatic heterocycles. The number of rotatable bonds is 4. The van der Waals surface area contributed by atoms with E-state index in [1.165, 1.54) is 25.2 Å². The first-order valence-electron chi connectivity index (χ1n) is 5.06. The maximum Gasteiger partial charge on any atom is 0.0351 e. The van der Waals surface area contributed by atoms with E-state index in [1.54, 1.807) is 0 Å². The Kier molecular flexibility index (Phi) is 3.43. The van der Waals surface area contributed by atoms with Crippen LogP contribution in [-0.4, -0.2) is 31.1 Å². The summed E-state index contributed by atoms with van der Waals surface area (Å²) in [6.07, 6.45) is 1.37. The molecule has 1 aromatic rings. The lowest BCUT2D eigenvalue weighted by molar-refractivity contribution is 0.189. The molecular formula is C11H15BrN2. The predicted molar refractivity (Wildman–Crippen MR) is 63.7 cm³/mol. The Morgan fingerprint density at radius 2 is 2.21 bits per heavy atom. The van der Waals surface area contributed by atoms with Gasteiger partial charge in [0.2, 0.25) is 0 Å². The smallest absolute Gasteiger partial charge is 0.0351 e. The summed E-state index contributed by atoms with van der Waals surface area (Å²) in [4.78, 5) is 2.46. The van der Waals surface area contributed by atoms with Crippen molar-refractivity contribution in [2.75, 3.05) is 31.5 Å². The molecule has 0 aromatic heterocycles. The standard InChI is InChI=1S/C11H15BrN2/c12-10-3-1-4-11(9-10)13-5-8-14-6-2-7-14/h1,3-4,9,13H,2,5-8H2. The molecule has 76 valence electrons. The summed E-state index contributed by atoms with van der Waals surface area (Å²) >= 11 is 3.46. The first-order chi connectivity index (χ1) is 6.84. The maximum absolute atomic E-state index is 3.46. The van der Waals surface area contributed by atoms with Gasteiger partial charge in [0, 0.05) is 23.2 Å². The second kappa shape index (κ2) is 4.80. The van der Waals surface area contributed by atoms with Crippen LogP contribution in [0.5, 0.6) is 0 Å². The van der Waals surface area contributed by atoms with Crippen LogP contribution in [0.25, 0.3) is 0 Å². The minimum atomic E-state index is 1.04. The van der Waals surface area contributed by atoms with Gasteiger partial charge in [0.05, 0.1) is 0 Å². The zero-order valence-electron chi connectivity index (χ0n) is 8.17. The van der Waals surface area contributed by atoms with Crippen LogP contribution in [0.15, 0.2) is 28.7 Å². The Hall–Kier alpha value is -0.540. The topological polar surface area (TPSA) is 15.3 Å². The zero-order chi connectivity index (χ0) is 9.80. The fourth-order valence-electron chi connectivity index (χ4n) is 1.56. The molecule has 1 heterocycles. The highest BCUT2D eigenvalue weighted by molar-refractivity contribution is 9.10. The number of hydrogen-bond acceptors (Lipinski definition) is 2. The van der Waals surface area contributed by atoms with Gasteiger partial charge >= 0.3 is 0 Å². The van der Waals surface area contributed by atoms with Crippen molar-refractivity contribution in [1.29, 1.82) is 0 Å². The first-order valence-corrected chi connectivity index (χ1v) is 5.86. The molecule has 0 spiro atoms. The zero-order valence-corrected chi connectivity index (χ0v) is 9.76. The normalized spacial score (nSPS) is 16.4. The van der Waals surface area contributed by atoms with Crippen LogP contribution in [0.3, 0.4) is 0 Å². The van der Waals surface area contributed by atoms with Gasteiger partial charge in [-0.3, -0.25) is 0 Å². The largest absolute Gasteiger partial charge is 0.384 e. The number of hydrogen-bond donors (Lipinski definition) is 1. The molecule has 1 N–H and O–H groups in total. The van der Waals surface area contributed by atoms with E-state index < -0.39 is 0 Å². The quantitative estimate of drug-likeness (QED) is 0.889. The van der Waals surface area contributed by atoms with Gasteiger partial charge in [-0.05, 0) is 37.7 Å². The van der Waals surface area contributed by atoms with Crippen molar-refractivity contribution < 1.29 is 0 Å². The summed E-state index contributed by atoms with van der Waals surface area (Å²) in [6.45, 7) is 4.75. The SMILES string of the molecule is Brc1cccc(NCCN2CCC2)c1. The molecule has 1 saturated heterocycles. The second-order valence-corrected chi connectivity index (χ2v) is 4.55. The van der Waals surface area contributed by atoms with Crippen LogP contribution >= 0.6 is 15.9 Å². The molecule has 2 nitrogen and oxygen atoms in total. The molecule has 1 aromatic carbocycles. The van der Waals surface area contributed by atoms with E-state index in [4.69, 9.17) is 0 Å². The Labute approximate surface area is 93.4 Å². The molecule has 2 rings (SSSR count). The van der Waals surface area contributed by atoms with Crippen molar-refractivity contribution in [2.45, 2.75) is 6.42 Å². The monoisotopic (exact) mass is 254 g/mol. The summed E-state index contributed by atoms with van der Waals surface area (Å²) in [5.41, 5.74) is 1.19. The van der Waals surface area contributed by atoms with Crippen molar-refractivity contribution >= 4 is 21.6 Å². The van der Waals surface area contributed by atoms with E-state index in [-0.39, 0.29) is 0 Å². The number of likely N-dealkylation sites (tertiary alicyclic amines) is 1. The van der Waals surface area contributed by atoms with Gasteiger partial charge in [0.1, 0.15) is 0 Å². The molecule has 0 unspecified atom stereocenters. The number of anilines is 1. The third kappa shape index (κ3) is 2.72. The van der Waals surface area contributed by atoms with Crippen molar-refractivity contribution in [3.05, 3.63) is 28.7 Å². The van der Waals surface area contributed by atoms with E-state index in [9.17, 15) is 0 Å². The van der Waals surface area contributed by atoms with Gasteiger partial charge in [0.25, 0.3) is 0 Å². The lowest BCUT2D eigenvalue weighted by Gasteiger charge is -2.30.